The van der Waals surface area contributed by atoms with Gasteiger partial charge in [-0.3, -0.25) is 0 Å². The van der Waals surface area contributed by atoms with Gasteiger partial charge in [-0.05, 0) is 0 Å². The first-order valence-corrected chi connectivity index (χ1v) is 15.7. The zero-order valence-electron chi connectivity index (χ0n) is 21.1. The Morgan fingerprint density at radius 2 is 1.81 bits per heavy atom. The first-order chi connectivity index (χ1) is 16.9. The number of methoxy groups -OCH3 is 2. The molecule has 200 valence electrons. The molecule has 1 heterocycles. The van der Waals surface area contributed by atoms with Crippen LogP contribution in [0.5, 0.6) is 17.2 Å². The normalized spacial score (nSPS) is 20.2. The summed E-state index contributed by atoms with van der Waals surface area (Å²) in [5, 5.41) is 21.2. The van der Waals surface area contributed by atoms with E-state index in [-0.39, 0.29) is 18.1 Å². The molecular weight excluding hydrogens is 599 g/mol. The molecule has 0 spiro atoms. The quantitative estimate of drug-likeness (QED) is 0.150. The Hall–Kier alpha value is -2.09. The SMILES string of the molecule is COc1cc(O)c([C@H](CC(=O)N2C[C@H](C)CC(C)[I-]2)c2ccc(C(O)NS(C)(=O)=O)cc2)c(OC)c1. The average molecular weight is 634 g/mol. The molecule has 1 fully saturated rings. The number of benzene rings is 2. The van der Waals surface area contributed by atoms with Gasteiger partial charge in [0.1, 0.15) is 0 Å². The van der Waals surface area contributed by atoms with E-state index in [0.717, 1.165) is 19.2 Å². The monoisotopic (exact) mass is 633 g/mol. The third kappa shape index (κ3) is 7.24. The third-order valence-electron chi connectivity index (χ3n) is 6.01. The van der Waals surface area contributed by atoms with Crippen LogP contribution in [0.15, 0.2) is 36.4 Å². The summed E-state index contributed by atoms with van der Waals surface area (Å²) in [6, 6.07) is 9.79. The minimum absolute atomic E-state index is 0.0197. The van der Waals surface area contributed by atoms with Crippen LogP contribution in [0.4, 0.5) is 0 Å². The van der Waals surface area contributed by atoms with E-state index < -0.39 is 43.6 Å². The van der Waals surface area contributed by atoms with Crippen molar-refractivity contribution in [3.63, 3.8) is 0 Å². The van der Waals surface area contributed by atoms with E-state index in [4.69, 9.17) is 9.47 Å². The van der Waals surface area contributed by atoms with Gasteiger partial charge in [0.25, 0.3) is 0 Å². The van der Waals surface area contributed by atoms with Crippen LogP contribution in [-0.4, -0.2) is 58.6 Å². The van der Waals surface area contributed by atoms with Gasteiger partial charge in [-0.2, -0.15) is 0 Å². The number of aliphatic hydroxyl groups excluding tert-OH is 1. The van der Waals surface area contributed by atoms with Crippen molar-refractivity contribution in [2.45, 2.75) is 42.8 Å². The number of sulfonamides is 1. The van der Waals surface area contributed by atoms with Crippen LogP contribution in [0.1, 0.15) is 55.5 Å². The van der Waals surface area contributed by atoms with Crippen molar-refractivity contribution in [2.24, 2.45) is 5.92 Å². The van der Waals surface area contributed by atoms with Crippen LogP contribution >= 0.6 is 0 Å². The molecular formula is C25H34IN2O7S-. The summed E-state index contributed by atoms with van der Waals surface area (Å²) < 4.78 is 38.5. The number of nitrogens with zero attached hydrogens (tertiary/aromatic N) is 1. The van der Waals surface area contributed by atoms with E-state index in [2.05, 4.69) is 18.6 Å². The van der Waals surface area contributed by atoms with E-state index in [9.17, 15) is 23.4 Å². The number of phenolic OH excluding ortho intramolecular Hbond substituents is 1. The van der Waals surface area contributed by atoms with E-state index in [1.54, 1.807) is 30.3 Å². The number of amides is 1. The Kier molecular flexibility index (Phi) is 9.47. The van der Waals surface area contributed by atoms with Crippen molar-refractivity contribution in [3.05, 3.63) is 53.1 Å². The van der Waals surface area contributed by atoms with Gasteiger partial charge in [0.15, 0.2) is 0 Å². The minimum atomic E-state index is -3.61. The van der Waals surface area contributed by atoms with Crippen LogP contribution in [0.25, 0.3) is 0 Å². The zero-order chi connectivity index (χ0) is 26.6. The van der Waals surface area contributed by atoms with Gasteiger partial charge in [-0.1, -0.05) is 0 Å². The number of alkyl halides is 1. The van der Waals surface area contributed by atoms with Gasteiger partial charge < -0.3 is 0 Å². The fraction of sp³-hybridized carbons (Fsp3) is 0.480. The van der Waals surface area contributed by atoms with E-state index in [1.807, 2.05) is 3.11 Å². The Morgan fingerprint density at radius 3 is 2.36 bits per heavy atom. The number of carbonyl (C=O) groups excluding carboxylic acids is 1. The van der Waals surface area contributed by atoms with Crippen molar-refractivity contribution in [2.75, 3.05) is 27.0 Å². The van der Waals surface area contributed by atoms with Crippen molar-refractivity contribution in [1.29, 1.82) is 0 Å². The Labute approximate surface area is 223 Å². The van der Waals surface area contributed by atoms with Crippen LogP contribution in [0.3, 0.4) is 0 Å². The number of phenols is 1. The first-order valence-electron chi connectivity index (χ1n) is 11.6. The van der Waals surface area contributed by atoms with E-state index in [0.29, 0.717) is 38.0 Å². The number of aliphatic hydroxyl groups is 1. The van der Waals surface area contributed by atoms with E-state index in [1.165, 1.54) is 20.3 Å². The Bertz CT molecular complexity index is 1160. The Morgan fingerprint density at radius 1 is 1.17 bits per heavy atom. The first kappa shape index (κ1) is 28.5. The van der Waals surface area contributed by atoms with Crippen LogP contribution in [-0.2, 0) is 14.8 Å². The molecule has 3 rings (SSSR count). The predicted molar refractivity (Wildman–Crippen MR) is 132 cm³/mol. The molecule has 2 aromatic carbocycles. The summed E-state index contributed by atoms with van der Waals surface area (Å²) in [5.41, 5.74) is 1.53. The molecule has 3 N–H and O–H groups in total. The summed E-state index contributed by atoms with van der Waals surface area (Å²) in [6.45, 7) is 5.08. The second kappa shape index (κ2) is 12.0. The molecule has 0 bridgehead atoms. The van der Waals surface area contributed by atoms with Gasteiger partial charge in [0, 0.05) is 0 Å². The van der Waals surface area contributed by atoms with E-state index >= 15 is 0 Å². The van der Waals surface area contributed by atoms with Gasteiger partial charge >= 0.3 is 224 Å². The summed E-state index contributed by atoms with van der Waals surface area (Å²) in [4.78, 5) is 13.5. The molecule has 4 atom stereocenters. The molecule has 11 heteroatoms. The molecule has 9 nitrogen and oxygen atoms in total. The van der Waals surface area contributed by atoms with Crippen LogP contribution in [0.2, 0.25) is 0 Å². The second-order valence-corrected chi connectivity index (χ2v) is 14.8. The third-order valence-corrected chi connectivity index (χ3v) is 9.73. The molecule has 0 saturated carbocycles. The molecule has 0 radical (unpaired) electrons. The summed E-state index contributed by atoms with van der Waals surface area (Å²) in [5.74, 6) is 0.677. The number of hydrogen-bond donors (Lipinski definition) is 3. The van der Waals surface area contributed by atoms with Gasteiger partial charge in [0.2, 0.25) is 0 Å². The maximum absolute atomic E-state index is 13.5. The number of ether oxygens (including phenoxy) is 2. The number of hydrogen-bond acceptors (Lipinski definition) is 7. The van der Waals surface area contributed by atoms with Crippen molar-refractivity contribution < 1.29 is 54.4 Å². The fourth-order valence-corrected chi connectivity index (χ4v) is 8.60. The van der Waals surface area contributed by atoms with Crippen LogP contribution in [0, 0.1) is 5.92 Å². The molecule has 1 saturated heterocycles. The number of rotatable bonds is 9. The van der Waals surface area contributed by atoms with Gasteiger partial charge in [-0.15, -0.1) is 0 Å². The number of carbonyl (C=O) groups is 1. The molecule has 2 unspecified atom stereocenters. The van der Waals surface area contributed by atoms with Crippen molar-refractivity contribution in [3.8, 4) is 17.2 Å². The standard InChI is InChI=1S/C25H34IN2O7S/c1-15-10-16(2)26-28(14-15)23(30)13-20(24-21(29)11-19(34-3)12-22(24)35-4)17-6-8-18(9-7-17)25(31)27-36(5,32)33/h6-9,11-12,15-16,20,25,27,29,31H,10,13-14H2,1-5H3/q-1/t15-,16?,20-,25?/m1/s1. The fourth-order valence-electron chi connectivity index (χ4n) is 4.41. The Balaban J connectivity index is 2.00. The zero-order valence-corrected chi connectivity index (χ0v) is 24.0. The number of aromatic hydroxyl groups is 1. The molecule has 1 amide bonds. The van der Waals surface area contributed by atoms with Gasteiger partial charge in [-0.25, -0.2) is 0 Å². The van der Waals surface area contributed by atoms with Crippen molar-refractivity contribution >= 4 is 15.9 Å². The summed E-state index contributed by atoms with van der Waals surface area (Å²) in [6.07, 6.45) is 0.812. The molecule has 2 aromatic rings. The van der Waals surface area contributed by atoms with Crippen LogP contribution < -0.4 is 35.7 Å². The average Bonchev–Trinajstić information content (AvgIpc) is 2.80. The summed E-state index contributed by atoms with van der Waals surface area (Å²) in [7, 11) is -0.624. The summed E-state index contributed by atoms with van der Waals surface area (Å²) >= 11 is -0.437. The maximum atomic E-state index is 13.5. The predicted octanol–water partition coefficient (Wildman–Crippen LogP) is -0.268. The molecule has 36 heavy (non-hydrogen) atoms. The molecule has 1 aliphatic rings. The number of halogens is 1. The topological polar surface area (TPSA) is 125 Å². The van der Waals surface area contributed by atoms with Gasteiger partial charge in [0.05, 0.1) is 0 Å². The number of nitrogens with one attached hydrogen (secondary N) is 1. The van der Waals surface area contributed by atoms with Crippen molar-refractivity contribution in [1.82, 2.24) is 7.84 Å². The second-order valence-electron chi connectivity index (χ2n) is 9.14. The molecule has 0 aliphatic carbocycles. The molecule has 1 aliphatic heterocycles. The molecule has 0 aromatic heterocycles.